The van der Waals surface area contributed by atoms with Crippen molar-refractivity contribution < 1.29 is 14.4 Å². The summed E-state index contributed by atoms with van der Waals surface area (Å²) in [6.07, 6.45) is 4.38. The van der Waals surface area contributed by atoms with E-state index in [0.717, 1.165) is 31.2 Å². The molecule has 0 heterocycles. The molecule has 3 rings (SSSR count). The number of anilines is 1. The Labute approximate surface area is 190 Å². The number of benzene rings is 2. The van der Waals surface area contributed by atoms with Gasteiger partial charge in [0.05, 0.1) is 11.3 Å². The first-order chi connectivity index (χ1) is 15.2. The quantitative estimate of drug-likeness (QED) is 0.602. The maximum Gasteiger partial charge on any atom is 0.253 e. The van der Waals surface area contributed by atoms with Gasteiger partial charge in [0.25, 0.3) is 11.8 Å². The van der Waals surface area contributed by atoms with E-state index in [4.69, 9.17) is 0 Å². The molecular formula is C26H33N3O3. The molecule has 6 nitrogen and oxygen atoms in total. The van der Waals surface area contributed by atoms with E-state index in [0.29, 0.717) is 16.8 Å². The third-order valence-corrected chi connectivity index (χ3v) is 5.79. The van der Waals surface area contributed by atoms with Crippen molar-refractivity contribution in [3.05, 3.63) is 65.2 Å². The Morgan fingerprint density at radius 1 is 0.906 bits per heavy atom. The fraction of sp³-hybridized carbons (Fsp3) is 0.423. The molecule has 0 aliphatic heterocycles. The summed E-state index contributed by atoms with van der Waals surface area (Å²) in [5.74, 6) is -0.635. The number of nitrogens with one attached hydrogen (secondary N) is 3. The van der Waals surface area contributed by atoms with Crippen molar-refractivity contribution in [1.82, 2.24) is 10.6 Å². The highest BCUT2D eigenvalue weighted by Gasteiger charge is 2.20. The van der Waals surface area contributed by atoms with E-state index >= 15 is 0 Å². The van der Waals surface area contributed by atoms with Crippen LogP contribution in [0.2, 0.25) is 0 Å². The molecule has 1 aliphatic rings. The molecule has 6 heteroatoms. The Morgan fingerprint density at radius 3 is 2.22 bits per heavy atom. The minimum absolute atomic E-state index is 0.0252. The minimum atomic E-state index is -0.255. The predicted molar refractivity (Wildman–Crippen MR) is 127 cm³/mol. The summed E-state index contributed by atoms with van der Waals surface area (Å²) in [5, 5.41) is 8.63. The molecule has 0 atom stereocenters. The van der Waals surface area contributed by atoms with Crippen LogP contribution in [0, 0.1) is 0 Å². The lowest BCUT2D eigenvalue weighted by atomic mass is 9.87. The number of amides is 3. The monoisotopic (exact) mass is 435 g/mol. The van der Waals surface area contributed by atoms with Crippen LogP contribution in [0.3, 0.4) is 0 Å². The average molecular weight is 436 g/mol. The second-order valence-corrected chi connectivity index (χ2v) is 9.38. The van der Waals surface area contributed by atoms with Crippen LogP contribution < -0.4 is 16.0 Å². The summed E-state index contributed by atoms with van der Waals surface area (Å²) in [5.41, 5.74) is 2.68. The number of rotatable bonds is 7. The van der Waals surface area contributed by atoms with Crippen LogP contribution in [-0.2, 0) is 10.2 Å². The van der Waals surface area contributed by atoms with E-state index in [-0.39, 0.29) is 42.1 Å². The standard InChI is InChI=1S/C26H33N3O3/c1-26(2,3)19-14-12-18(13-15-19)24(31)27-17-16-23(30)29-22-11-7-6-10-21(22)25(32)28-20-8-4-5-9-20/h6-7,10-15,20H,4-5,8-9,16-17H2,1-3H3,(H,27,31)(H,28,32)(H,29,30). The summed E-state index contributed by atoms with van der Waals surface area (Å²) < 4.78 is 0. The smallest absolute Gasteiger partial charge is 0.253 e. The van der Waals surface area contributed by atoms with Gasteiger partial charge in [-0.2, -0.15) is 0 Å². The Balaban J connectivity index is 1.50. The third kappa shape index (κ3) is 6.42. The molecule has 2 aromatic carbocycles. The molecule has 3 N–H and O–H groups in total. The largest absolute Gasteiger partial charge is 0.352 e. The number of carbonyl (C=O) groups excluding carboxylic acids is 3. The molecule has 0 unspecified atom stereocenters. The predicted octanol–water partition coefficient (Wildman–Crippen LogP) is 4.42. The molecule has 170 valence electrons. The fourth-order valence-corrected chi connectivity index (χ4v) is 3.85. The first-order valence-electron chi connectivity index (χ1n) is 11.3. The van der Waals surface area contributed by atoms with Gasteiger partial charge < -0.3 is 16.0 Å². The number of carbonyl (C=O) groups is 3. The van der Waals surface area contributed by atoms with Gasteiger partial charge in [0.15, 0.2) is 0 Å². The normalized spacial score (nSPS) is 14.1. The van der Waals surface area contributed by atoms with Gasteiger partial charge in [0, 0.05) is 24.6 Å². The van der Waals surface area contributed by atoms with Crippen molar-refractivity contribution >= 4 is 23.4 Å². The van der Waals surface area contributed by atoms with Crippen LogP contribution in [-0.4, -0.2) is 30.3 Å². The lowest BCUT2D eigenvalue weighted by Gasteiger charge is -2.19. The van der Waals surface area contributed by atoms with Crippen molar-refractivity contribution in [2.24, 2.45) is 0 Å². The number of hydrogen-bond donors (Lipinski definition) is 3. The molecule has 1 fully saturated rings. The zero-order valence-corrected chi connectivity index (χ0v) is 19.2. The Morgan fingerprint density at radius 2 is 1.56 bits per heavy atom. The molecular weight excluding hydrogens is 402 g/mol. The topological polar surface area (TPSA) is 87.3 Å². The van der Waals surface area contributed by atoms with Crippen LogP contribution in [0.1, 0.15) is 79.2 Å². The zero-order chi connectivity index (χ0) is 23.1. The molecule has 3 amide bonds. The van der Waals surface area contributed by atoms with E-state index in [2.05, 4.69) is 36.7 Å². The first kappa shape index (κ1) is 23.5. The summed E-state index contributed by atoms with van der Waals surface area (Å²) in [6.45, 7) is 6.58. The van der Waals surface area contributed by atoms with Gasteiger partial charge in [0.2, 0.25) is 5.91 Å². The van der Waals surface area contributed by atoms with Crippen molar-refractivity contribution in [3.63, 3.8) is 0 Å². The van der Waals surface area contributed by atoms with Crippen molar-refractivity contribution in [1.29, 1.82) is 0 Å². The molecule has 0 radical (unpaired) electrons. The summed E-state index contributed by atoms with van der Waals surface area (Å²) in [6, 6.07) is 14.7. The van der Waals surface area contributed by atoms with Gasteiger partial charge >= 0.3 is 0 Å². The molecule has 2 aromatic rings. The summed E-state index contributed by atoms with van der Waals surface area (Å²) >= 11 is 0. The molecule has 0 bridgehead atoms. The highest BCUT2D eigenvalue weighted by atomic mass is 16.2. The van der Waals surface area contributed by atoms with E-state index in [1.54, 1.807) is 36.4 Å². The van der Waals surface area contributed by atoms with E-state index in [1.807, 2.05) is 12.1 Å². The molecule has 0 spiro atoms. The summed E-state index contributed by atoms with van der Waals surface area (Å²) in [7, 11) is 0. The highest BCUT2D eigenvalue weighted by molar-refractivity contribution is 6.04. The molecule has 1 saturated carbocycles. The first-order valence-corrected chi connectivity index (χ1v) is 11.3. The van der Waals surface area contributed by atoms with Crippen LogP contribution in [0.5, 0.6) is 0 Å². The molecule has 1 aliphatic carbocycles. The maximum atomic E-state index is 12.6. The van der Waals surface area contributed by atoms with E-state index < -0.39 is 0 Å². The SMILES string of the molecule is CC(C)(C)c1ccc(C(=O)NCCC(=O)Nc2ccccc2C(=O)NC2CCCC2)cc1. The minimum Gasteiger partial charge on any atom is -0.352 e. The van der Waals surface area contributed by atoms with Crippen LogP contribution in [0.4, 0.5) is 5.69 Å². The Bertz CT molecular complexity index is 955. The maximum absolute atomic E-state index is 12.6. The molecule has 0 saturated heterocycles. The van der Waals surface area contributed by atoms with E-state index in [1.165, 1.54) is 0 Å². The summed E-state index contributed by atoms with van der Waals surface area (Å²) in [4.78, 5) is 37.4. The lowest BCUT2D eigenvalue weighted by Crippen LogP contribution is -2.33. The van der Waals surface area contributed by atoms with Gasteiger partial charge in [-0.15, -0.1) is 0 Å². The highest BCUT2D eigenvalue weighted by Crippen LogP contribution is 2.22. The number of para-hydroxylation sites is 1. The van der Waals surface area contributed by atoms with Crippen LogP contribution in [0.15, 0.2) is 48.5 Å². The number of hydrogen-bond acceptors (Lipinski definition) is 3. The van der Waals surface area contributed by atoms with Gasteiger partial charge in [-0.3, -0.25) is 14.4 Å². The van der Waals surface area contributed by atoms with Gasteiger partial charge in [-0.1, -0.05) is 57.9 Å². The Hall–Kier alpha value is -3.15. The second-order valence-electron chi connectivity index (χ2n) is 9.38. The van der Waals surface area contributed by atoms with E-state index in [9.17, 15) is 14.4 Å². The lowest BCUT2D eigenvalue weighted by molar-refractivity contribution is -0.116. The zero-order valence-electron chi connectivity index (χ0n) is 19.2. The fourth-order valence-electron chi connectivity index (χ4n) is 3.85. The average Bonchev–Trinajstić information content (AvgIpc) is 3.26. The second kappa shape index (κ2) is 10.4. The van der Waals surface area contributed by atoms with Crippen LogP contribution in [0.25, 0.3) is 0 Å². The van der Waals surface area contributed by atoms with Crippen molar-refractivity contribution in [3.8, 4) is 0 Å². The van der Waals surface area contributed by atoms with Gasteiger partial charge in [0.1, 0.15) is 0 Å². The van der Waals surface area contributed by atoms with Crippen LogP contribution >= 0.6 is 0 Å². The van der Waals surface area contributed by atoms with Crippen molar-refractivity contribution in [2.75, 3.05) is 11.9 Å². The Kier molecular flexibility index (Phi) is 7.67. The molecule has 32 heavy (non-hydrogen) atoms. The molecule has 0 aromatic heterocycles. The third-order valence-electron chi connectivity index (χ3n) is 5.79. The van der Waals surface area contributed by atoms with Gasteiger partial charge in [-0.25, -0.2) is 0 Å². The van der Waals surface area contributed by atoms with Crippen molar-refractivity contribution in [2.45, 2.75) is 64.3 Å². The van der Waals surface area contributed by atoms with Gasteiger partial charge in [-0.05, 0) is 48.1 Å².